The Hall–Kier alpha value is -2.93. The molecule has 0 bridgehead atoms. The van der Waals surface area contributed by atoms with Crippen LogP contribution in [0.3, 0.4) is 0 Å². The second-order valence-electron chi connectivity index (χ2n) is 5.62. The van der Waals surface area contributed by atoms with Crippen molar-refractivity contribution in [2.45, 2.75) is 12.6 Å². The first-order valence-corrected chi connectivity index (χ1v) is 7.89. The van der Waals surface area contributed by atoms with Crippen LogP contribution in [0.4, 0.5) is 5.69 Å². The molecule has 2 aromatic rings. The number of hydrogen-bond acceptors (Lipinski definition) is 5. The summed E-state index contributed by atoms with van der Waals surface area (Å²) in [5.74, 6) is -0.0565. The number of methoxy groups -OCH3 is 1. The van der Waals surface area contributed by atoms with E-state index in [4.69, 9.17) is 9.47 Å². The molecule has 1 aromatic heterocycles. The Bertz CT molecular complexity index is 734. The number of rotatable bonds is 5. The van der Waals surface area contributed by atoms with Gasteiger partial charge in [0.2, 0.25) is 17.7 Å². The number of ether oxygens (including phenoxy) is 2. The highest BCUT2D eigenvalue weighted by Gasteiger charge is 2.34. The largest absolute Gasteiger partial charge is 0.481 e. The van der Waals surface area contributed by atoms with Gasteiger partial charge in [-0.25, -0.2) is 4.98 Å². The highest BCUT2D eigenvalue weighted by Crippen LogP contribution is 2.17. The number of hydrogen-bond donors (Lipinski definition) is 1. The first-order chi connectivity index (χ1) is 12.2. The van der Waals surface area contributed by atoms with Gasteiger partial charge in [0.1, 0.15) is 12.6 Å². The van der Waals surface area contributed by atoms with Crippen LogP contribution in [0.1, 0.15) is 5.56 Å². The molecule has 2 heterocycles. The Balaban J connectivity index is 1.72. The Kier molecular flexibility index (Phi) is 5.25. The zero-order valence-corrected chi connectivity index (χ0v) is 13.8. The van der Waals surface area contributed by atoms with Gasteiger partial charge in [-0.2, -0.15) is 0 Å². The lowest BCUT2D eigenvalue weighted by molar-refractivity contribution is -0.154. The van der Waals surface area contributed by atoms with Crippen LogP contribution in [0, 0.1) is 0 Å². The summed E-state index contributed by atoms with van der Waals surface area (Å²) in [5, 5.41) is 2.77. The molecule has 0 saturated carbocycles. The fourth-order valence-corrected chi connectivity index (χ4v) is 2.60. The van der Waals surface area contributed by atoms with Crippen LogP contribution in [-0.4, -0.2) is 48.1 Å². The van der Waals surface area contributed by atoms with Crippen LogP contribution >= 0.6 is 0 Å². The number of nitrogens with one attached hydrogen (secondary N) is 1. The van der Waals surface area contributed by atoms with E-state index in [-0.39, 0.29) is 25.0 Å². The summed E-state index contributed by atoms with van der Waals surface area (Å²) >= 11 is 0. The second kappa shape index (κ2) is 7.76. The number of benzene rings is 1. The third-order valence-electron chi connectivity index (χ3n) is 3.91. The molecule has 0 unspecified atom stereocenters. The summed E-state index contributed by atoms with van der Waals surface area (Å²) in [5.41, 5.74) is 1.49. The molecule has 2 amide bonds. The van der Waals surface area contributed by atoms with Gasteiger partial charge >= 0.3 is 0 Å². The van der Waals surface area contributed by atoms with Crippen molar-refractivity contribution in [3.8, 4) is 5.88 Å². The van der Waals surface area contributed by atoms with Crippen LogP contribution in [0.5, 0.6) is 5.88 Å². The van der Waals surface area contributed by atoms with Crippen molar-refractivity contribution in [2.75, 3.05) is 25.6 Å². The molecule has 1 fully saturated rings. The maximum atomic E-state index is 12.6. The van der Waals surface area contributed by atoms with Gasteiger partial charge in [0.25, 0.3) is 0 Å². The predicted molar refractivity (Wildman–Crippen MR) is 91.0 cm³/mol. The normalized spacial score (nSPS) is 17.2. The molecule has 0 aliphatic carbocycles. The van der Waals surface area contributed by atoms with E-state index in [2.05, 4.69) is 10.3 Å². The Morgan fingerprint density at radius 1 is 1.32 bits per heavy atom. The third-order valence-corrected chi connectivity index (χ3v) is 3.91. The third kappa shape index (κ3) is 4.13. The minimum Gasteiger partial charge on any atom is -0.481 e. The van der Waals surface area contributed by atoms with Crippen LogP contribution in [0.2, 0.25) is 0 Å². The molecule has 25 heavy (non-hydrogen) atoms. The summed E-state index contributed by atoms with van der Waals surface area (Å²) in [7, 11) is 1.52. The maximum Gasteiger partial charge on any atom is 0.249 e. The standard InChI is InChI=1S/C18H19N3O4/c1-24-16-8-7-14(9-19-16)20-18(23)15-11-25-12-17(22)21(15)10-13-5-3-2-4-6-13/h2-9,15H,10-12H2,1H3,(H,20,23)/t15-/m1/s1. The zero-order chi connectivity index (χ0) is 17.6. The summed E-state index contributed by atoms with van der Waals surface area (Å²) in [4.78, 5) is 30.5. The van der Waals surface area contributed by atoms with Crippen LogP contribution in [0.15, 0.2) is 48.7 Å². The topological polar surface area (TPSA) is 80.8 Å². The van der Waals surface area contributed by atoms with E-state index in [0.29, 0.717) is 18.1 Å². The predicted octanol–water partition coefficient (Wildman–Crippen LogP) is 1.46. The van der Waals surface area contributed by atoms with Gasteiger partial charge in [-0.15, -0.1) is 0 Å². The highest BCUT2D eigenvalue weighted by molar-refractivity contribution is 5.97. The summed E-state index contributed by atoms with van der Waals surface area (Å²) in [6.45, 7) is 0.511. The molecule has 0 spiro atoms. The van der Waals surface area contributed by atoms with Crippen molar-refractivity contribution in [3.05, 3.63) is 54.2 Å². The Morgan fingerprint density at radius 3 is 2.80 bits per heavy atom. The lowest BCUT2D eigenvalue weighted by Crippen LogP contribution is -2.54. The Labute approximate surface area is 145 Å². The number of anilines is 1. The highest BCUT2D eigenvalue weighted by atomic mass is 16.5. The molecule has 1 aromatic carbocycles. The van der Waals surface area contributed by atoms with E-state index >= 15 is 0 Å². The van der Waals surface area contributed by atoms with Gasteiger partial charge < -0.3 is 19.7 Å². The lowest BCUT2D eigenvalue weighted by Gasteiger charge is -2.34. The number of morpholine rings is 1. The lowest BCUT2D eigenvalue weighted by atomic mass is 10.1. The molecule has 1 aliphatic rings. The van der Waals surface area contributed by atoms with Crippen molar-refractivity contribution in [1.82, 2.24) is 9.88 Å². The van der Waals surface area contributed by atoms with E-state index in [1.165, 1.54) is 13.3 Å². The number of aromatic nitrogens is 1. The van der Waals surface area contributed by atoms with Gasteiger partial charge in [-0.3, -0.25) is 9.59 Å². The summed E-state index contributed by atoms with van der Waals surface area (Å²) in [6.07, 6.45) is 1.50. The van der Waals surface area contributed by atoms with Crippen molar-refractivity contribution in [1.29, 1.82) is 0 Å². The molecule has 3 rings (SSSR count). The van der Waals surface area contributed by atoms with Crippen molar-refractivity contribution in [2.24, 2.45) is 0 Å². The van der Waals surface area contributed by atoms with Crippen LogP contribution < -0.4 is 10.1 Å². The quantitative estimate of drug-likeness (QED) is 0.890. The number of carbonyl (C=O) groups excluding carboxylic acids is 2. The van der Waals surface area contributed by atoms with Crippen LogP contribution in [0.25, 0.3) is 0 Å². The number of amides is 2. The molecule has 7 heteroatoms. The van der Waals surface area contributed by atoms with E-state index in [0.717, 1.165) is 5.56 Å². The van der Waals surface area contributed by atoms with E-state index in [1.54, 1.807) is 17.0 Å². The molecule has 1 N–H and O–H groups in total. The van der Waals surface area contributed by atoms with Crippen molar-refractivity contribution in [3.63, 3.8) is 0 Å². The maximum absolute atomic E-state index is 12.6. The Morgan fingerprint density at radius 2 is 2.12 bits per heavy atom. The zero-order valence-electron chi connectivity index (χ0n) is 13.8. The van der Waals surface area contributed by atoms with Crippen molar-refractivity contribution < 1.29 is 19.1 Å². The van der Waals surface area contributed by atoms with Gasteiger partial charge in [-0.1, -0.05) is 30.3 Å². The SMILES string of the molecule is COc1ccc(NC(=O)[C@H]2COCC(=O)N2Cc2ccccc2)cn1. The first kappa shape index (κ1) is 16.9. The summed E-state index contributed by atoms with van der Waals surface area (Å²) < 4.78 is 10.3. The average molecular weight is 341 g/mol. The van der Waals surface area contributed by atoms with Gasteiger partial charge in [0.05, 0.1) is 25.6 Å². The molecule has 1 saturated heterocycles. The molecule has 130 valence electrons. The molecule has 7 nitrogen and oxygen atoms in total. The molecule has 1 atom stereocenters. The fourth-order valence-electron chi connectivity index (χ4n) is 2.60. The first-order valence-electron chi connectivity index (χ1n) is 7.89. The number of nitrogens with zero attached hydrogens (tertiary/aromatic N) is 2. The molecular formula is C18H19N3O4. The molecule has 0 radical (unpaired) electrons. The minimum atomic E-state index is -0.691. The number of carbonyl (C=O) groups is 2. The van der Waals surface area contributed by atoms with Crippen LogP contribution in [-0.2, 0) is 20.9 Å². The molecular weight excluding hydrogens is 322 g/mol. The molecule has 1 aliphatic heterocycles. The smallest absolute Gasteiger partial charge is 0.249 e. The second-order valence-corrected chi connectivity index (χ2v) is 5.62. The van der Waals surface area contributed by atoms with E-state index in [1.807, 2.05) is 30.3 Å². The van der Waals surface area contributed by atoms with Gasteiger partial charge in [0.15, 0.2) is 0 Å². The fraction of sp³-hybridized carbons (Fsp3) is 0.278. The average Bonchev–Trinajstić information content (AvgIpc) is 2.65. The van der Waals surface area contributed by atoms with Crippen molar-refractivity contribution >= 4 is 17.5 Å². The monoisotopic (exact) mass is 341 g/mol. The van der Waals surface area contributed by atoms with E-state index < -0.39 is 6.04 Å². The van der Waals surface area contributed by atoms with Gasteiger partial charge in [-0.05, 0) is 11.6 Å². The summed E-state index contributed by atoms with van der Waals surface area (Å²) in [6, 6.07) is 12.2. The van der Waals surface area contributed by atoms with E-state index in [9.17, 15) is 9.59 Å². The number of pyridine rings is 1. The van der Waals surface area contributed by atoms with Gasteiger partial charge in [0, 0.05) is 12.6 Å². The minimum absolute atomic E-state index is 0.0132.